The van der Waals surface area contributed by atoms with Crippen molar-refractivity contribution in [2.24, 2.45) is 0 Å². The van der Waals surface area contributed by atoms with Gasteiger partial charge in [-0.2, -0.15) is 0 Å². The first kappa shape index (κ1) is 10.1. The van der Waals surface area contributed by atoms with E-state index in [2.05, 4.69) is 0 Å². The zero-order valence-corrected chi connectivity index (χ0v) is 8.41. The van der Waals surface area contributed by atoms with Crippen LogP contribution in [-0.2, 0) is 23.5 Å². The second kappa shape index (κ2) is 3.07. The van der Waals surface area contributed by atoms with E-state index in [1.54, 1.807) is 0 Å². The van der Waals surface area contributed by atoms with Gasteiger partial charge in [-0.3, -0.25) is 0 Å². The molecule has 0 fully saturated rings. The summed E-state index contributed by atoms with van der Waals surface area (Å²) in [5, 5.41) is 0. The third kappa shape index (κ3) is 79.3. The van der Waals surface area contributed by atoms with E-state index in [1.165, 1.54) is 0 Å². The van der Waals surface area contributed by atoms with Gasteiger partial charge in [0.1, 0.15) is 0 Å². The largest absolute Gasteiger partial charge is 0 e. The Kier molecular flexibility index (Phi) is 5.16. The van der Waals surface area contributed by atoms with Gasteiger partial charge in [0.05, 0.1) is 0 Å². The molecule has 4 nitrogen and oxygen atoms in total. The van der Waals surface area contributed by atoms with E-state index in [4.69, 9.17) is 14.3 Å². The van der Waals surface area contributed by atoms with Crippen LogP contribution < -0.4 is 0 Å². The molecule has 0 aromatic carbocycles. The maximum absolute atomic E-state index is 8.87. The molecule has 2 N–H and O–H groups in total. The van der Waals surface area contributed by atoms with Crippen molar-refractivity contribution in [1.82, 2.24) is 0 Å². The molecule has 0 bridgehead atoms. The molecular weight excluding hydrogens is 367 g/mol. The van der Waals surface area contributed by atoms with Crippen LogP contribution in [-0.4, -0.2) is 31.4 Å². The van der Waals surface area contributed by atoms with E-state index >= 15 is 0 Å². The zero-order valence-electron chi connectivity index (χ0n) is 2.62. The molecule has 0 aliphatic carbocycles. The van der Waals surface area contributed by atoms with Crippen molar-refractivity contribution in [3.63, 3.8) is 0 Å². The van der Waals surface area contributed by atoms with Gasteiger partial charge in [-0.15, -0.1) is 0 Å². The molecule has 0 unspecified atom stereocenters. The van der Waals surface area contributed by atoms with Crippen molar-refractivity contribution >= 4 is 23.9 Å². The van der Waals surface area contributed by atoms with E-state index in [9.17, 15) is 0 Å². The third-order valence-corrected chi connectivity index (χ3v) is 0. The molecule has 0 atom stereocenters. The minimum Gasteiger partial charge on any atom is 0 e. The number of hydrogen-bond donors (Lipinski definition) is 2. The summed E-state index contributed by atoms with van der Waals surface area (Å²) in [5.41, 5.74) is 0. The van der Waals surface area contributed by atoms with Gasteiger partial charge in [0.25, 0.3) is 0 Å². The van der Waals surface area contributed by atoms with E-state index in [-0.39, 0.29) is 23.9 Å². The Hall–Kier alpha value is 1.01. The van der Waals surface area contributed by atoms with Crippen molar-refractivity contribution in [1.29, 1.82) is 0 Å². The Bertz CT molecular complexity index is 90.7. The van der Waals surface area contributed by atoms with Crippen molar-refractivity contribution in [2.75, 3.05) is 0 Å². The van der Waals surface area contributed by atoms with Crippen molar-refractivity contribution < 1.29 is 31.1 Å². The average molecular weight is 369 g/mol. The fourth-order valence-corrected chi connectivity index (χ4v) is 0. The summed E-state index contributed by atoms with van der Waals surface area (Å²) in [7, 11) is 0. The van der Waals surface area contributed by atoms with Crippen LogP contribution in [0.5, 0.6) is 0 Å². The van der Waals surface area contributed by atoms with Gasteiger partial charge in [-0.05, 0) is 0 Å². The Morgan fingerprint density at radius 1 is 1.17 bits per heavy atom. The SMILES string of the molecule is [O]=[W](=[O])([OH])[OH].[Sn]. The van der Waals surface area contributed by atoms with Gasteiger partial charge in [0, 0.05) is 23.9 Å². The first-order chi connectivity index (χ1) is 2.00. The quantitative estimate of drug-likeness (QED) is 0.498. The Morgan fingerprint density at radius 3 is 1.17 bits per heavy atom. The molecule has 0 heterocycles. The van der Waals surface area contributed by atoms with Crippen LogP contribution in [0.25, 0.3) is 0 Å². The Morgan fingerprint density at radius 2 is 1.17 bits per heavy atom. The van der Waals surface area contributed by atoms with Crippen LogP contribution in [0.2, 0.25) is 0 Å². The predicted octanol–water partition coefficient (Wildman–Crippen LogP) is -1.73. The zero-order chi connectivity index (χ0) is 4.50. The molecule has 6 heavy (non-hydrogen) atoms. The topological polar surface area (TPSA) is 74.6 Å². The molecule has 0 aromatic heterocycles. The van der Waals surface area contributed by atoms with Crippen LogP contribution in [0.15, 0.2) is 0 Å². The Labute approximate surface area is 54.8 Å². The monoisotopic (exact) mass is 370 g/mol. The summed E-state index contributed by atoms with van der Waals surface area (Å²) in [6, 6.07) is 0. The third-order valence-electron chi connectivity index (χ3n) is 0. The van der Waals surface area contributed by atoms with E-state index in [0.717, 1.165) is 0 Å². The molecule has 0 aromatic rings. The van der Waals surface area contributed by atoms with E-state index in [1.807, 2.05) is 0 Å². The fraction of sp³-hybridized carbons (Fsp3) is 0. The second-order valence-electron chi connectivity index (χ2n) is 0.448. The molecular formula is H2O4SnW. The summed E-state index contributed by atoms with van der Waals surface area (Å²) < 4.78 is 32.1. The standard InChI is InChI=1S/2H2O.2O.Sn.W/h2*1H2;;;;/q;;;;;+2/p-2. The second-order valence-corrected chi connectivity index (χ2v) is 3.67. The van der Waals surface area contributed by atoms with E-state index < -0.39 is 16.7 Å². The molecule has 0 saturated carbocycles. The molecule has 0 spiro atoms. The van der Waals surface area contributed by atoms with Gasteiger partial charge in [-0.1, -0.05) is 0 Å². The van der Waals surface area contributed by atoms with Crippen molar-refractivity contribution in [3.8, 4) is 0 Å². The molecule has 0 amide bonds. The molecule has 6 heteroatoms. The first-order valence-corrected chi connectivity index (χ1v) is 5.72. The molecule has 0 saturated heterocycles. The summed E-state index contributed by atoms with van der Waals surface area (Å²) in [6.45, 7) is 0. The molecule has 0 aliphatic heterocycles. The summed E-state index contributed by atoms with van der Waals surface area (Å²) >= 11 is -5.67. The minimum atomic E-state index is -5.67. The van der Waals surface area contributed by atoms with E-state index in [0.29, 0.717) is 0 Å². The Balaban J connectivity index is 0. The summed E-state index contributed by atoms with van der Waals surface area (Å²) in [4.78, 5) is 0. The van der Waals surface area contributed by atoms with Crippen LogP contribution >= 0.6 is 0 Å². The summed E-state index contributed by atoms with van der Waals surface area (Å²) in [6.07, 6.45) is 0. The van der Waals surface area contributed by atoms with Crippen LogP contribution in [0, 0.1) is 0 Å². The smallest absolute Gasteiger partial charge is 0 e. The van der Waals surface area contributed by atoms with Gasteiger partial charge in [0.2, 0.25) is 0 Å². The van der Waals surface area contributed by atoms with Crippen LogP contribution in [0.3, 0.4) is 0 Å². The molecule has 4 radical (unpaired) electrons. The van der Waals surface area contributed by atoms with Crippen LogP contribution in [0.1, 0.15) is 0 Å². The summed E-state index contributed by atoms with van der Waals surface area (Å²) in [5.74, 6) is 0. The van der Waals surface area contributed by atoms with Crippen molar-refractivity contribution in [3.05, 3.63) is 0 Å². The fourth-order valence-electron chi connectivity index (χ4n) is 0. The van der Waals surface area contributed by atoms with Crippen LogP contribution in [0.4, 0.5) is 0 Å². The maximum atomic E-state index is 8.87. The molecule has 0 rings (SSSR count). The number of rotatable bonds is 0. The van der Waals surface area contributed by atoms with Gasteiger partial charge >= 0.3 is 31.1 Å². The van der Waals surface area contributed by atoms with Crippen molar-refractivity contribution in [2.45, 2.75) is 0 Å². The normalized spacial score (nSPS) is 9.67. The minimum absolute atomic E-state index is 0. The number of hydrogen-bond acceptors (Lipinski definition) is 2. The molecule has 0 aliphatic rings. The average Bonchev–Trinajstić information content (AvgIpc) is 0.722. The van der Waals surface area contributed by atoms with Gasteiger partial charge in [0.15, 0.2) is 0 Å². The maximum Gasteiger partial charge on any atom is 0 e. The van der Waals surface area contributed by atoms with Gasteiger partial charge < -0.3 is 0 Å². The predicted molar refractivity (Wildman–Crippen MR) is 11.6 cm³/mol. The van der Waals surface area contributed by atoms with Gasteiger partial charge in [-0.25, -0.2) is 0 Å². The molecule has 36 valence electrons. The first-order valence-electron chi connectivity index (χ1n) is 0.698.